The summed E-state index contributed by atoms with van der Waals surface area (Å²) in [6.45, 7) is 0. The molecule has 16 aromatic carbocycles. The number of fused-ring (bicyclic) bond motifs is 12. The molecule has 0 N–H and O–H groups in total. The lowest BCUT2D eigenvalue weighted by molar-refractivity contribution is 0.995. The lowest BCUT2D eigenvalue weighted by atomic mass is 9.98. The Hall–Kier alpha value is -15.1. The van der Waals surface area contributed by atoms with Gasteiger partial charge in [-0.05, 0) is 171 Å². The molecule has 6 heterocycles. The zero-order chi connectivity index (χ0) is 74.0. The van der Waals surface area contributed by atoms with Crippen molar-refractivity contribution in [2.45, 2.75) is 0 Å². The Morgan fingerprint density at radius 1 is 0.143 bits per heavy atom. The first kappa shape index (κ1) is 65.3. The standard InChI is InChI=1S/C53H35N3.C52H34N4/c1-4-14-36(15-5-1)42-34-48(39-16-6-2-7-17-39)54-53(35-42)56-50-23-13-11-21-45(50)47-33-41(29-31-52(47)56)38-26-24-37(25-27-38)40-28-30-51-46(32-40)44-20-10-12-22-49(44)55(51)43-18-8-3-9-19-43;1-4-14-37(15-5-1)46-34-47(38-16-6-2-7-17-38)54-52(53-46)56-49-23-13-11-21-43(49)45-33-40(29-31-51(45)56)36-26-24-35(25-27-36)39-28-30-50-44(32-39)42-20-10-12-22-48(42)55(50)41-18-8-3-9-19-41/h1-35H;1-34H. The van der Waals surface area contributed by atoms with E-state index in [-0.39, 0.29) is 0 Å². The molecular formula is C105H69N7. The van der Waals surface area contributed by atoms with Gasteiger partial charge in [-0.25, -0.2) is 15.0 Å². The minimum atomic E-state index is 0.650. The summed E-state index contributed by atoms with van der Waals surface area (Å²) in [6, 6.07) is 149. The number of hydrogen-bond acceptors (Lipinski definition) is 3. The molecule has 0 unspecified atom stereocenters. The maximum atomic E-state index is 5.30. The molecule has 0 aliphatic carbocycles. The molecule has 0 fully saturated rings. The van der Waals surface area contributed by atoms with Crippen LogP contribution >= 0.6 is 0 Å². The van der Waals surface area contributed by atoms with Crippen LogP contribution in [0.2, 0.25) is 0 Å². The highest BCUT2D eigenvalue weighted by molar-refractivity contribution is 6.14. The van der Waals surface area contributed by atoms with Crippen LogP contribution < -0.4 is 0 Å². The van der Waals surface area contributed by atoms with Crippen LogP contribution in [0.3, 0.4) is 0 Å². The van der Waals surface area contributed by atoms with Crippen molar-refractivity contribution in [1.29, 1.82) is 0 Å². The fraction of sp³-hybridized carbons (Fsp3) is 0. The van der Waals surface area contributed by atoms with Crippen molar-refractivity contribution in [3.63, 3.8) is 0 Å². The Morgan fingerprint density at radius 3 is 0.750 bits per heavy atom. The Bertz CT molecular complexity index is 6750. The molecule has 6 aromatic heterocycles. The summed E-state index contributed by atoms with van der Waals surface area (Å²) < 4.78 is 9.25. The van der Waals surface area contributed by atoms with E-state index < -0.39 is 0 Å². The van der Waals surface area contributed by atoms with E-state index in [1.54, 1.807) is 0 Å². The average Bonchev–Trinajstić information content (AvgIpc) is 1.60. The zero-order valence-corrected chi connectivity index (χ0v) is 61.0. The smallest absolute Gasteiger partial charge is 0.235 e. The summed E-state index contributed by atoms with van der Waals surface area (Å²) in [5.41, 5.74) is 29.3. The van der Waals surface area contributed by atoms with Gasteiger partial charge in [0.05, 0.1) is 61.2 Å². The fourth-order valence-electron chi connectivity index (χ4n) is 16.7. The number of aromatic nitrogens is 7. The van der Waals surface area contributed by atoms with E-state index >= 15 is 0 Å². The van der Waals surface area contributed by atoms with Gasteiger partial charge in [0, 0.05) is 71.2 Å². The van der Waals surface area contributed by atoms with Gasteiger partial charge in [0.25, 0.3) is 0 Å². The topological polar surface area (TPSA) is 58.4 Å². The monoisotopic (exact) mass is 1430 g/mol. The molecular weight excluding hydrogens is 1360 g/mol. The molecule has 0 saturated carbocycles. The third-order valence-electron chi connectivity index (χ3n) is 22.1. The Labute approximate surface area is 647 Å². The quantitative estimate of drug-likeness (QED) is 0.122. The summed E-state index contributed by atoms with van der Waals surface area (Å²) in [7, 11) is 0. The first-order chi connectivity index (χ1) is 55.5. The molecule has 22 aromatic rings. The predicted molar refractivity (Wildman–Crippen MR) is 467 cm³/mol. The van der Waals surface area contributed by atoms with Crippen molar-refractivity contribution in [3.05, 3.63) is 419 Å². The van der Waals surface area contributed by atoms with Gasteiger partial charge in [-0.2, -0.15) is 0 Å². The van der Waals surface area contributed by atoms with Gasteiger partial charge in [-0.3, -0.25) is 9.13 Å². The maximum Gasteiger partial charge on any atom is 0.235 e. The first-order valence-corrected chi connectivity index (χ1v) is 38.1. The molecule has 0 amide bonds. The van der Waals surface area contributed by atoms with E-state index in [4.69, 9.17) is 15.0 Å². The van der Waals surface area contributed by atoms with Gasteiger partial charge in [-0.15, -0.1) is 0 Å². The van der Waals surface area contributed by atoms with Gasteiger partial charge in [0.15, 0.2) is 0 Å². The number of rotatable bonds is 12. The molecule has 0 bridgehead atoms. The van der Waals surface area contributed by atoms with Crippen LogP contribution in [-0.4, -0.2) is 33.2 Å². The van der Waals surface area contributed by atoms with Crippen molar-refractivity contribution >= 4 is 87.2 Å². The molecule has 0 spiro atoms. The van der Waals surface area contributed by atoms with Crippen LogP contribution in [0, 0.1) is 0 Å². The maximum absolute atomic E-state index is 5.30. The molecule has 524 valence electrons. The van der Waals surface area contributed by atoms with E-state index in [2.05, 4.69) is 425 Å². The second kappa shape index (κ2) is 27.6. The van der Waals surface area contributed by atoms with Crippen LogP contribution in [0.15, 0.2) is 419 Å². The highest BCUT2D eigenvalue weighted by atomic mass is 15.2. The average molecular weight is 1430 g/mol. The van der Waals surface area contributed by atoms with Gasteiger partial charge in [-0.1, -0.05) is 303 Å². The van der Waals surface area contributed by atoms with Crippen molar-refractivity contribution in [2.24, 2.45) is 0 Å². The normalized spacial score (nSPS) is 11.6. The van der Waals surface area contributed by atoms with Crippen LogP contribution in [0.4, 0.5) is 0 Å². The predicted octanol–water partition coefficient (Wildman–Crippen LogP) is 27.3. The van der Waals surface area contributed by atoms with E-state index in [0.717, 1.165) is 78.2 Å². The summed E-state index contributed by atoms with van der Waals surface area (Å²) in [5, 5.41) is 9.76. The number of pyridine rings is 1. The summed E-state index contributed by atoms with van der Waals surface area (Å²) in [6.07, 6.45) is 0. The third kappa shape index (κ3) is 11.6. The second-order valence-corrected chi connectivity index (χ2v) is 28.7. The minimum absolute atomic E-state index is 0.650. The SMILES string of the molecule is c1ccc(-c2cc(-c3ccccc3)nc(-n3c4ccccc4c4cc(-c5ccc(-c6ccc7c(c6)c6ccccc6n7-c6ccccc6)cc5)ccc43)c2)cc1.c1ccc(-c2cc(-c3ccccc3)nc(-n3c4ccccc4c4cc(-c5ccc(-c6ccc7c(c6)c6ccccc6n7-c6ccccc6)cc5)ccc43)n2)cc1. The highest BCUT2D eigenvalue weighted by Crippen LogP contribution is 2.42. The zero-order valence-electron chi connectivity index (χ0n) is 61.0. The van der Waals surface area contributed by atoms with E-state index in [9.17, 15) is 0 Å². The molecule has 0 aliphatic heterocycles. The fourth-order valence-corrected chi connectivity index (χ4v) is 16.7. The second-order valence-electron chi connectivity index (χ2n) is 28.7. The molecule has 0 aliphatic rings. The molecule has 7 heteroatoms. The van der Waals surface area contributed by atoms with Gasteiger partial charge in [0.2, 0.25) is 5.95 Å². The Kier molecular flexibility index (Phi) is 16.1. The molecule has 0 radical (unpaired) electrons. The van der Waals surface area contributed by atoms with Crippen molar-refractivity contribution in [3.8, 4) is 113 Å². The highest BCUT2D eigenvalue weighted by Gasteiger charge is 2.22. The van der Waals surface area contributed by atoms with Crippen molar-refractivity contribution in [2.75, 3.05) is 0 Å². The van der Waals surface area contributed by atoms with Crippen LogP contribution in [-0.2, 0) is 0 Å². The van der Waals surface area contributed by atoms with E-state index in [0.29, 0.717) is 5.95 Å². The van der Waals surface area contributed by atoms with Crippen LogP contribution in [0.5, 0.6) is 0 Å². The molecule has 112 heavy (non-hydrogen) atoms. The van der Waals surface area contributed by atoms with E-state index in [1.807, 2.05) is 12.1 Å². The lowest BCUT2D eigenvalue weighted by Crippen LogP contribution is -2.03. The molecule has 0 atom stereocenters. The Morgan fingerprint density at radius 2 is 0.393 bits per heavy atom. The number of benzene rings is 16. The number of nitrogens with zero attached hydrogens (tertiary/aromatic N) is 7. The minimum Gasteiger partial charge on any atom is -0.309 e. The largest absolute Gasteiger partial charge is 0.309 e. The van der Waals surface area contributed by atoms with E-state index in [1.165, 1.54) is 116 Å². The third-order valence-corrected chi connectivity index (χ3v) is 22.1. The molecule has 0 saturated heterocycles. The lowest BCUT2D eigenvalue weighted by Gasteiger charge is -2.13. The first-order valence-electron chi connectivity index (χ1n) is 38.1. The van der Waals surface area contributed by atoms with Crippen molar-refractivity contribution in [1.82, 2.24) is 33.2 Å². The summed E-state index contributed by atoms with van der Waals surface area (Å²) >= 11 is 0. The molecule has 22 rings (SSSR count). The van der Waals surface area contributed by atoms with Crippen LogP contribution in [0.1, 0.15) is 0 Å². The summed E-state index contributed by atoms with van der Waals surface area (Å²) in [5.74, 6) is 1.55. The number of hydrogen-bond donors (Lipinski definition) is 0. The Balaban J connectivity index is 0.000000141. The van der Waals surface area contributed by atoms with Gasteiger partial charge in [0.1, 0.15) is 5.82 Å². The summed E-state index contributed by atoms with van der Waals surface area (Å²) in [4.78, 5) is 15.7. The molecule has 7 nitrogen and oxygen atoms in total. The van der Waals surface area contributed by atoms with Gasteiger partial charge < -0.3 is 9.13 Å². The van der Waals surface area contributed by atoms with Crippen LogP contribution in [0.25, 0.3) is 200 Å². The number of para-hydroxylation sites is 6. The van der Waals surface area contributed by atoms with Crippen molar-refractivity contribution < 1.29 is 0 Å². The van der Waals surface area contributed by atoms with Gasteiger partial charge >= 0.3 is 0 Å².